The standard InChI is InChI=1S/C21H24N2O5S/c1-4-12-5-8-16-14(9-12)10-17(29-16)20(24)23-22-11-13-6-7-15(27-2)19(28-3)18(13)21(25)26/h6-7,10-12H,4-5,8-9H2,1-3H3,(H,23,24)(H,25,26)/b22-11-/t12-/m0/s1. The zero-order valence-electron chi connectivity index (χ0n) is 16.7. The molecule has 0 unspecified atom stereocenters. The van der Waals surface area contributed by atoms with Crippen LogP contribution in [0.25, 0.3) is 0 Å². The van der Waals surface area contributed by atoms with E-state index >= 15 is 0 Å². The van der Waals surface area contributed by atoms with Gasteiger partial charge in [0, 0.05) is 10.4 Å². The summed E-state index contributed by atoms with van der Waals surface area (Å²) in [6.45, 7) is 2.20. The summed E-state index contributed by atoms with van der Waals surface area (Å²) in [5, 5.41) is 13.5. The zero-order chi connectivity index (χ0) is 21.0. The van der Waals surface area contributed by atoms with E-state index in [1.807, 2.05) is 6.07 Å². The quantitative estimate of drug-likeness (QED) is 0.529. The fourth-order valence-corrected chi connectivity index (χ4v) is 4.64. The molecule has 2 N–H and O–H groups in total. The van der Waals surface area contributed by atoms with E-state index in [0.29, 0.717) is 22.1 Å². The highest BCUT2D eigenvalue weighted by molar-refractivity contribution is 7.14. The molecule has 0 fully saturated rings. The van der Waals surface area contributed by atoms with Crippen molar-refractivity contribution >= 4 is 29.4 Å². The zero-order valence-corrected chi connectivity index (χ0v) is 17.5. The molecule has 29 heavy (non-hydrogen) atoms. The van der Waals surface area contributed by atoms with Crippen LogP contribution in [0, 0.1) is 5.92 Å². The van der Waals surface area contributed by atoms with Crippen LogP contribution >= 0.6 is 11.3 Å². The van der Waals surface area contributed by atoms with Crippen molar-refractivity contribution in [2.75, 3.05) is 14.2 Å². The number of carboxylic acids is 1. The third-order valence-corrected chi connectivity index (χ3v) is 6.38. The molecule has 1 heterocycles. The number of aromatic carboxylic acids is 1. The fourth-order valence-electron chi connectivity index (χ4n) is 3.55. The Morgan fingerprint density at radius 2 is 2.14 bits per heavy atom. The Morgan fingerprint density at radius 1 is 1.34 bits per heavy atom. The van der Waals surface area contributed by atoms with Crippen molar-refractivity contribution in [1.82, 2.24) is 5.43 Å². The molecule has 0 saturated carbocycles. The van der Waals surface area contributed by atoms with Gasteiger partial charge in [-0.1, -0.05) is 13.3 Å². The molecule has 1 aromatic heterocycles. The maximum absolute atomic E-state index is 12.5. The molecular formula is C21H24N2O5S. The van der Waals surface area contributed by atoms with Gasteiger partial charge in [-0.2, -0.15) is 5.10 Å². The Bertz CT molecular complexity index is 951. The van der Waals surface area contributed by atoms with Crippen molar-refractivity contribution < 1.29 is 24.2 Å². The van der Waals surface area contributed by atoms with E-state index in [9.17, 15) is 14.7 Å². The van der Waals surface area contributed by atoms with Crippen LogP contribution in [0.5, 0.6) is 11.5 Å². The van der Waals surface area contributed by atoms with Crippen molar-refractivity contribution in [1.29, 1.82) is 0 Å². The smallest absolute Gasteiger partial charge is 0.340 e. The number of hydrogen-bond donors (Lipinski definition) is 2. The van der Waals surface area contributed by atoms with E-state index in [2.05, 4.69) is 17.5 Å². The Balaban J connectivity index is 1.76. The van der Waals surface area contributed by atoms with Gasteiger partial charge in [0.15, 0.2) is 11.5 Å². The van der Waals surface area contributed by atoms with Crippen LogP contribution in [-0.2, 0) is 12.8 Å². The van der Waals surface area contributed by atoms with Gasteiger partial charge in [0.05, 0.1) is 25.3 Å². The molecular weight excluding hydrogens is 392 g/mol. The SMILES string of the molecule is CC[C@H]1CCc2sc(C(=O)N/N=C\c3ccc(OC)c(OC)c3C(=O)O)cc2C1. The summed E-state index contributed by atoms with van der Waals surface area (Å²) in [5.41, 5.74) is 3.97. The number of hydrogen-bond acceptors (Lipinski definition) is 6. The summed E-state index contributed by atoms with van der Waals surface area (Å²) in [5.74, 6) is -0.381. The van der Waals surface area contributed by atoms with Crippen LogP contribution in [0.15, 0.2) is 23.3 Å². The number of methoxy groups -OCH3 is 2. The third kappa shape index (κ3) is 4.42. The molecule has 1 aliphatic rings. The van der Waals surface area contributed by atoms with Gasteiger partial charge in [-0.25, -0.2) is 10.2 Å². The number of aryl methyl sites for hydroxylation is 1. The van der Waals surface area contributed by atoms with E-state index in [1.54, 1.807) is 12.1 Å². The highest BCUT2D eigenvalue weighted by Gasteiger charge is 2.22. The minimum atomic E-state index is -1.18. The monoisotopic (exact) mass is 416 g/mol. The minimum absolute atomic E-state index is 0.0814. The second kappa shape index (κ2) is 9.09. The third-order valence-electron chi connectivity index (χ3n) is 5.15. The summed E-state index contributed by atoms with van der Waals surface area (Å²) in [7, 11) is 2.80. The first-order valence-electron chi connectivity index (χ1n) is 9.41. The number of nitrogens with one attached hydrogen (secondary N) is 1. The van der Waals surface area contributed by atoms with Gasteiger partial charge < -0.3 is 14.6 Å². The number of benzene rings is 1. The highest BCUT2D eigenvalue weighted by atomic mass is 32.1. The molecule has 0 aliphatic heterocycles. The number of nitrogens with zero attached hydrogens (tertiary/aromatic N) is 1. The fraction of sp³-hybridized carbons (Fsp3) is 0.381. The number of amides is 1. The molecule has 3 rings (SSSR count). The molecule has 0 bridgehead atoms. The Labute approximate surface area is 173 Å². The minimum Gasteiger partial charge on any atom is -0.493 e. The second-order valence-electron chi connectivity index (χ2n) is 6.85. The molecule has 154 valence electrons. The van der Waals surface area contributed by atoms with Crippen LogP contribution in [-0.4, -0.2) is 37.4 Å². The molecule has 1 aromatic carbocycles. The maximum Gasteiger partial charge on any atom is 0.340 e. The summed E-state index contributed by atoms with van der Waals surface area (Å²) in [6, 6.07) is 5.09. The Hall–Kier alpha value is -2.87. The van der Waals surface area contributed by atoms with E-state index < -0.39 is 5.97 Å². The number of carbonyl (C=O) groups is 2. The van der Waals surface area contributed by atoms with Gasteiger partial charge in [0.25, 0.3) is 5.91 Å². The van der Waals surface area contributed by atoms with Crippen molar-refractivity contribution in [3.63, 3.8) is 0 Å². The van der Waals surface area contributed by atoms with Crippen molar-refractivity contribution in [3.8, 4) is 11.5 Å². The van der Waals surface area contributed by atoms with Crippen LogP contribution in [0.4, 0.5) is 0 Å². The van der Waals surface area contributed by atoms with Crippen molar-refractivity contribution in [3.05, 3.63) is 44.6 Å². The van der Waals surface area contributed by atoms with Gasteiger partial charge in [0.1, 0.15) is 5.56 Å². The van der Waals surface area contributed by atoms with Crippen molar-refractivity contribution in [2.24, 2.45) is 11.0 Å². The van der Waals surface area contributed by atoms with Crippen LogP contribution in [0.3, 0.4) is 0 Å². The largest absolute Gasteiger partial charge is 0.493 e. The molecule has 1 aliphatic carbocycles. The van der Waals surface area contributed by atoms with Crippen LogP contribution < -0.4 is 14.9 Å². The lowest BCUT2D eigenvalue weighted by Gasteiger charge is -2.19. The molecule has 8 heteroatoms. The first kappa shape index (κ1) is 20.9. The predicted molar refractivity (Wildman–Crippen MR) is 112 cm³/mol. The summed E-state index contributed by atoms with van der Waals surface area (Å²) >= 11 is 1.50. The van der Waals surface area contributed by atoms with Gasteiger partial charge in [-0.3, -0.25) is 4.79 Å². The number of ether oxygens (including phenoxy) is 2. The first-order chi connectivity index (χ1) is 14.0. The lowest BCUT2D eigenvalue weighted by Crippen LogP contribution is -2.16. The number of thiophene rings is 1. The topological polar surface area (TPSA) is 97.2 Å². The molecule has 7 nitrogen and oxygen atoms in total. The van der Waals surface area contributed by atoms with Gasteiger partial charge >= 0.3 is 5.97 Å². The lowest BCUT2D eigenvalue weighted by molar-refractivity contribution is 0.0692. The average Bonchev–Trinajstić information content (AvgIpc) is 3.16. The molecule has 0 saturated heterocycles. The summed E-state index contributed by atoms with van der Waals surface area (Å²) in [6.07, 6.45) is 5.65. The summed E-state index contributed by atoms with van der Waals surface area (Å²) < 4.78 is 10.3. The van der Waals surface area contributed by atoms with E-state index in [1.165, 1.54) is 48.6 Å². The molecule has 1 amide bonds. The van der Waals surface area contributed by atoms with Gasteiger partial charge in [-0.15, -0.1) is 11.3 Å². The summed E-state index contributed by atoms with van der Waals surface area (Å²) in [4.78, 5) is 26.0. The van der Waals surface area contributed by atoms with Crippen molar-refractivity contribution in [2.45, 2.75) is 32.6 Å². The molecule has 2 aromatic rings. The van der Waals surface area contributed by atoms with E-state index in [-0.39, 0.29) is 17.2 Å². The van der Waals surface area contributed by atoms with Gasteiger partial charge in [0.2, 0.25) is 0 Å². The van der Waals surface area contributed by atoms with E-state index in [0.717, 1.165) is 19.3 Å². The highest BCUT2D eigenvalue weighted by Crippen LogP contribution is 2.34. The second-order valence-corrected chi connectivity index (χ2v) is 7.98. The number of carbonyl (C=O) groups excluding carboxylic acids is 1. The first-order valence-corrected chi connectivity index (χ1v) is 10.2. The predicted octanol–water partition coefficient (Wildman–Crippen LogP) is 3.74. The average molecular weight is 416 g/mol. The molecule has 1 atom stereocenters. The van der Waals surface area contributed by atoms with Crippen LogP contribution in [0.2, 0.25) is 0 Å². The normalized spacial score (nSPS) is 15.8. The Morgan fingerprint density at radius 3 is 2.79 bits per heavy atom. The number of rotatable bonds is 7. The van der Waals surface area contributed by atoms with Gasteiger partial charge in [-0.05, 0) is 48.9 Å². The molecule has 0 spiro atoms. The Kier molecular flexibility index (Phi) is 6.53. The maximum atomic E-state index is 12.5. The number of carboxylic acid groups (broad SMARTS) is 1. The molecule has 0 radical (unpaired) electrons. The lowest BCUT2D eigenvalue weighted by atomic mass is 9.87. The van der Waals surface area contributed by atoms with Crippen LogP contribution in [0.1, 0.15) is 55.8 Å². The number of fused-ring (bicyclic) bond motifs is 1. The number of hydrazone groups is 1. The van der Waals surface area contributed by atoms with E-state index in [4.69, 9.17) is 9.47 Å².